The van der Waals surface area contributed by atoms with Crippen LogP contribution < -0.4 is 0 Å². The second-order valence-corrected chi connectivity index (χ2v) is 8.76. The Hall–Kier alpha value is -0.860. The Morgan fingerprint density at radius 1 is 1.13 bits per heavy atom. The molecule has 2 rings (SSSR count). The minimum atomic E-state index is -0.111. The Labute approximate surface area is 143 Å². The first-order valence-electron chi connectivity index (χ1n) is 9.09. The van der Waals surface area contributed by atoms with Crippen molar-refractivity contribution in [1.82, 2.24) is 4.90 Å². The van der Waals surface area contributed by atoms with Crippen LogP contribution in [-0.2, 0) is 16.6 Å². The smallest absolute Gasteiger partial charge is 0.0817 e. The average Bonchev–Trinajstić information content (AvgIpc) is 2.47. The number of likely N-dealkylation sites (tertiary alicyclic amines) is 1. The van der Waals surface area contributed by atoms with E-state index in [0.717, 1.165) is 18.9 Å². The van der Waals surface area contributed by atoms with Crippen molar-refractivity contribution in [3.8, 4) is 0 Å². The third-order valence-corrected chi connectivity index (χ3v) is 5.19. The fourth-order valence-electron chi connectivity index (χ4n) is 3.65. The van der Waals surface area contributed by atoms with Gasteiger partial charge in [0.1, 0.15) is 0 Å². The Balaban J connectivity index is 2.02. The lowest BCUT2D eigenvalue weighted by Crippen LogP contribution is -2.47. The zero-order chi connectivity index (χ0) is 17.1. The monoisotopic (exact) mass is 317 g/mol. The lowest BCUT2D eigenvalue weighted by atomic mass is 9.85. The molecule has 0 aliphatic carbocycles. The summed E-state index contributed by atoms with van der Waals surface area (Å²) >= 11 is 0. The fourth-order valence-corrected chi connectivity index (χ4v) is 3.65. The summed E-state index contributed by atoms with van der Waals surface area (Å²) in [7, 11) is 1.86. The summed E-state index contributed by atoms with van der Waals surface area (Å²) in [5.41, 5.74) is 2.87. The summed E-state index contributed by atoms with van der Waals surface area (Å²) in [6.07, 6.45) is 3.66. The molecule has 1 aromatic rings. The molecule has 1 aliphatic heterocycles. The average molecular weight is 318 g/mol. The van der Waals surface area contributed by atoms with Gasteiger partial charge in [-0.3, -0.25) is 0 Å². The lowest BCUT2D eigenvalue weighted by Gasteiger charge is -2.38. The van der Waals surface area contributed by atoms with Gasteiger partial charge in [0.25, 0.3) is 0 Å². The number of rotatable bonds is 5. The van der Waals surface area contributed by atoms with Crippen molar-refractivity contribution in [3.63, 3.8) is 0 Å². The molecule has 2 atom stereocenters. The van der Waals surface area contributed by atoms with Crippen LogP contribution in [0.1, 0.15) is 58.6 Å². The van der Waals surface area contributed by atoms with Gasteiger partial charge in [-0.2, -0.15) is 0 Å². The second-order valence-electron chi connectivity index (χ2n) is 8.76. The first-order chi connectivity index (χ1) is 10.7. The van der Waals surface area contributed by atoms with Crippen LogP contribution in [0.3, 0.4) is 0 Å². The molecule has 0 bridgehead atoms. The molecular formula is C21H35NO. The van der Waals surface area contributed by atoms with E-state index in [2.05, 4.69) is 63.8 Å². The number of nitrogens with zero attached hydrogens (tertiary/aromatic N) is 1. The van der Waals surface area contributed by atoms with Gasteiger partial charge in [-0.05, 0) is 48.8 Å². The number of ether oxygens (including phenoxy) is 1. The molecule has 0 saturated carbocycles. The molecule has 0 radical (unpaired) electrons. The van der Waals surface area contributed by atoms with Crippen molar-refractivity contribution in [1.29, 1.82) is 0 Å². The van der Waals surface area contributed by atoms with Crippen LogP contribution in [0, 0.1) is 5.92 Å². The van der Waals surface area contributed by atoms with Crippen LogP contribution in [0.2, 0.25) is 0 Å². The molecule has 1 aromatic carbocycles. The van der Waals surface area contributed by atoms with Gasteiger partial charge >= 0.3 is 0 Å². The number of piperidine rings is 1. The van der Waals surface area contributed by atoms with Crippen molar-refractivity contribution in [3.05, 3.63) is 35.4 Å². The number of hydrogen-bond donors (Lipinski definition) is 0. The predicted octanol–water partition coefficient (Wildman–Crippen LogP) is 4.66. The molecule has 2 unspecified atom stereocenters. The van der Waals surface area contributed by atoms with Gasteiger partial charge in [-0.1, -0.05) is 52.0 Å². The van der Waals surface area contributed by atoms with Crippen molar-refractivity contribution in [2.45, 2.75) is 64.9 Å². The quantitative estimate of drug-likeness (QED) is 0.783. The van der Waals surface area contributed by atoms with Crippen LogP contribution in [0.4, 0.5) is 0 Å². The summed E-state index contributed by atoms with van der Waals surface area (Å²) in [4.78, 5) is 2.58. The van der Waals surface area contributed by atoms with E-state index in [1.807, 2.05) is 7.11 Å². The molecule has 130 valence electrons. The molecule has 0 N–H and O–H groups in total. The Morgan fingerprint density at radius 2 is 1.78 bits per heavy atom. The molecule has 0 spiro atoms. The molecule has 1 heterocycles. The minimum absolute atomic E-state index is 0.111. The second kappa shape index (κ2) is 7.36. The van der Waals surface area contributed by atoms with Crippen molar-refractivity contribution < 1.29 is 4.74 Å². The van der Waals surface area contributed by atoms with Gasteiger partial charge < -0.3 is 9.64 Å². The summed E-state index contributed by atoms with van der Waals surface area (Å²) in [6, 6.07) is 9.09. The van der Waals surface area contributed by atoms with Crippen LogP contribution in [-0.4, -0.2) is 37.2 Å². The Kier molecular flexibility index (Phi) is 5.91. The van der Waals surface area contributed by atoms with Gasteiger partial charge in [0.05, 0.1) is 5.60 Å². The molecule has 1 fully saturated rings. The summed E-state index contributed by atoms with van der Waals surface area (Å²) in [6.45, 7) is 14.9. The normalized spacial score (nSPS) is 22.8. The summed E-state index contributed by atoms with van der Waals surface area (Å²) in [5, 5.41) is 0. The highest BCUT2D eigenvalue weighted by Crippen LogP contribution is 2.26. The minimum Gasteiger partial charge on any atom is -0.377 e. The largest absolute Gasteiger partial charge is 0.377 e. The molecule has 1 saturated heterocycles. The standard InChI is InChI=1S/C21H35NO/c1-17-8-7-13-22(15-17)16-21(5,23-6)14-18-9-11-19(12-10-18)20(2,3)4/h9-12,17H,7-8,13-16H2,1-6H3. The molecule has 2 heteroatoms. The van der Waals surface area contributed by atoms with E-state index in [4.69, 9.17) is 4.74 Å². The van der Waals surface area contributed by atoms with Gasteiger partial charge in [0.15, 0.2) is 0 Å². The van der Waals surface area contributed by atoms with E-state index in [0.29, 0.717) is 0 Å². The number of benzene rings is 1. The van der Waals surface area contributed by atoms with E-state index >= 15 is 0 Å². The zero-order valence-electron chi connectivity index (χ0n) is 16.0. The highest BCUT2D eigenvalue weighted by Gasteiger charge is 2.29. The van der Waals surface area contributed by atoms with E-state index in [-0.39, 0.29) is 11.0 Å². The lowest BCUT2D eigenvalue weighted by molar-refractivity contribution is -0.0291. The molecule has 0 amide bonds. The molecule has 0 aromatic heterocycles. The van der Waals surface area contributed by atoms with E-state index in [1.54, 1.807) is 0 Å². The fraction of sp³-hybridized carbons (Fsp3) is 0.714. The molecule has 1 aliphatic rings. The number of methoxy groups -OCH3 is 1. The molecule has 23 heavy (non-hydrogen) atoms. The number of hydrogen-bond acceptors (Lipinski definition) is 2. The first kappa shape index (κ1) is 18.5. The summed E-state index contributed by atoms with van der Waals surface area (Å²) in [5.74, 6) is 0.816. The topological polar surface area (TPSA) is 12.5 Å². The van der Waals surface area contributed by atoms with Gasteiger partial charge in [-0.25, -0.2) is 0 Å². The van der Waals surface area contributed by atoms with Gasteiger partial charge in [0, 0.05) is 26.6 Å². The van der Waals surface area contributed by atoms with Crippen molar-refractivity contribution >= 4 is 0 Å². The SMILES string of the molecule is COC(C)(Cc1ccc(C(C)(C)C)cc1)CN1CCCC(C)C1. The molecular weight excluding hydrogens is 282 g/mol. The van der Waals surface area contributed by atoms with Crippen molar-refractivity contribution in [2.24, 2.45) is 5.92 Å². The van der Waals surface area contributed by atoms with Crippen LogP contribution in [0.25, 0.3) is 0 Å². The summed E-state index contributed by atoms with van der Waals surface area (Å²) < 4.78 is 5.94. The van der Waals surface area contributed by atoms with Crippen LogP contribution >= 0.6 is 0 Å². The van der Waals surface area contributed by atoms with Crippen molar-refractivity contribution in [2.75, 3.05) is 26.7 Å². The maximum atomic E-state index is 5.94. The first-order valence-corrected chi connectivity index (χ1v) is 9.09. The van der Waals surface area contributed by atoms with E-state index in [9.17, 15) is 0 Å². The maximum Gasteiger partial charge on any atom is 0.0817 e. The van der Waals surface area contributed by atoms with Crippen LogP contribution in [0.5, 0.6) is 0 Å². The Morgan fingerprint density at radius 3 is 2.30 bits per heavy atom. The third kappa shape index (κ3) is 5.32. The predicted molar refractivity (Wildman–Crippen MR) is 99.1 cm³/mol. The molecule has 2 nitrogen and oxygen atoms in total. The van der Waals surface area contributed by atoms with E-state index < -0.39 is 0 Å². The zero-order valence-corrected chi connectivity index (χ0v) is 16.0. The third-order valence-electron chi connectivity index (χ3n) is 5.19. The highest BCUT2D eigenvalue weighted by atomic mass is 16.5. The Bertz CT molecular complexity index is 488. The van der Waals surface area contributed by atoms with Crippen LogP contribution in [0.15, 0.2) is 24.3 Å². The maximum absolute atomic E-state index is 5.94. The van der Waals surface area contributed by atoms with Gasteiger partial charge in [-0.15, -0.1) is 0 Å². The van der Waals surface area contributed by atoms with Gasteiger partial charge in [0.2, 0.25) is 0 Å². The van der Waals surface area contributed by atoms with E-state index in [1.165, 1.54) is 37.1 Å². The highest BCUT2D eigenvalue weighted by molar-refractivity contribution is 5.28.